The van der Waals surface area contributed by atoms with Crippen LogP contribution in [0.2, 0.25) is 5.02 Å². The first-order valence-electron chi connectivity index (χ1n) is 8.95. The second kappa shape index (κ2) is 8.25. The lowest BCUT2D eigenvalue weighted by molar-refractivity contribution is -0.131. The minimum atomic E-state index is 0.115. The summed E-state index contributed by atoms with van der Waals surface area (Å²) in [6.07, 6.45) is 0.842. The molecule has 138 valence electrons. The number of amides is 1. The molecule has 2 N–H and O–H groups in total. The Balaban J connectivity index is 1.53. The number of benzene rings is 1. The van der Waals surface area contributed by atoms with E-state index >= 15 is 0 Å². The van der Waals surface area contributed by atoms with Crippen molar-refractivity contribution < 1.29 is 9.53 Å². The monoisotopic (exact) mass is 366 g/mol. The molecule has 0 spiro atoms. The average molecular weight is 367 g/mol. The second-order valence-electron chi connectivity index (χ2n) is 6.58. The number of halogens is 1. The van der Waals surface area contributed by atoms with Gasteiger partial charge in [-0.05, 0) is 24.1 Å². The minimum absolute atomic E-state index is 0.115. The summed E-state index contributed by atoms with van der Waals surface area (Å²) in [5, 5.41) is 7.18. The Labute approximate surface area is 154 Å². The molecule has 1 aromatic carbocycles. The number of nitrogens with one attached hydrogen (secondary N) is 2. The Kier molecular flexibility index (Phi) is 6.04. The van der Waals surface area contributed by atoms with E-state index in [2.05, 4.69) is 22.5 Å². The Morgan fingerprint density at radius 1 is 1.32 bits per heavy atom. The number of anilines is 1. The molecule has 0 aromatic heterocycles. The number of hydrogen-bond acceptors (Lipinski definition) is 5. The van der Waals surface area contributed by atoms with Gasteiger partial charge in [0.05, 0.1) is 19.3 Å². The van der Waals surface area contributed by atoms with Crippen LogP contribution in [-0.4, -0.2) is 74.7 Å². The number of hydrogen-bond donors (Lipinski definition) is 2. The van der Waals surface area contributed by atoms with Crippen molar-refractivity contribution in [2.24, 2.45) is 0 Å². The second-order valence-corrected chi connectivity index (χ2v) is 6.99. The molecule has 2 saturated heterocycles. The van der Waals surface area contributed by atoms with Crippen molar-refractivity contribution in [2.45, 2.75) is 19.4 Å². The first kappa shape index (κ1) is 18.3. The highest BCUT2D eigenvalue weighted by Gasteiger charge is 2.29. The quantitative estimate of drug-likeness (QED) is 0.798. The van der Waals surface area contributed by atoms with Gasteiger partial charge < -0.3 is 20.3 Å². The summed E-state index contributed by atoms with van der Waals surface area (Å²) in [7, 11) is 1.63. The molecular weight excluding hydrogens is 340 g/mol. The summed E-state index contributed by atoms with van der Waals surface area (Å²) in [6.45, 7) is 7.96. The number of aryl methyl sites for hydroxylation is 1. The molecule has 0 radical (unpaired) electrons. The third-order valence-electron chi connectivity index (χ3n) is 5.12. The van der Waals surface area contributed by atoms with E-state index in [9.17, 15) is 4.79 Å². The zero-order valence-corrected chi connectivity index (χ0v) is 15.7. The summed E-state index contributed by atoms with van der Waals surface area (Å²) in [5.41, 5.74) is 1.80. The maximum Gasteiger partial charge on any atom is 0.241 e. The summed E-state index contributed by atoms with van der Waals surface area (Å²) >= 11 is 6.29. The van der Waals surface area contributed by atoms with Gasteiger partial charge in [-0.2, -0.15) is 0 Å². The molecule has 0 saturated carbocycles. The molecule has 0 atom stereocenters. The van der Waals surface area contributed by atoms with Crippen LogP contribution in [0, 0.1) is 0 Å². The highest BCUT2D eigenvalue weighted by atomic mass is 35.5. The third-order valence-corrected chi connectivity index (χ3v) is 5.47. The van der Waals surface area contributed by atoms with Gasteiger partial charge in [-0.25, -0.2) is 0 Å². The lowest BCUT2D eigenvalue weighted by atomic mass is 10.1. The maximum atomic E-state index is 12.5. The number of nitrogens with zero attached hydrogens (tertiary/aromatic N) is 2. The lowest BCUT2D eigenvalue weighted by Gasteiger charge is -2.43. The van der Waals surface area contributed by atoms with Crippen LogP contribution < -0.4 is 15.4 Å². The summed E-state index contributed by atoms with van der Waals surface area (Å²) in [6, 6.07) is 4.42. The van der Waals surface area contributed by atoms with Crippen molar-refractivity contribution >= 4 is 23.2 Å². The van der Waals surface area contributed by atoms with E-state index in [1.807, 2.05) is 17.0 Å². The molecule has 3 rings (SSSR count). The number of piperazine rings is 1. The predicted octanol–water partition coefficient (Wildman–Crippen LogP) is 1.44. The van der Waals surface area contributed by atoms with E-state index < -0.39 is 0 Å². The molecule has 7 heteroatoms. The largest absolute Gasteiger partial charge is 0.495 e. The lowest BCUT2D eigenvalue weighted by Crippen LogP contribution is -2.62. The Morgan fingerprint density at radius 2 is 2.04 bits per heavy atom. The molecule has 25 heavy (non-hydrogen) atoms. The zero-order chi connectivity index (χ0) is 17.8. The Hall–Kier alpha value is -1.50. The number of ether oxygens (including phenoxy) is 1. The smallest absolute Gasteiger partial charge is 0.241 e. The molecule has 1 aromatic rings. The molecule has 2 fully saturated rings. The van der Waals surface area contributed by atoms with E-state index in [1.54, 1.807) is 7.11 Å². The van der Waals surface area contributed by atoms with Crippen molar-refractivity contribution in [3.63, 3.8) is 0 Å². The van der Waals surface area contributed by atoms with Crippen molar-refractivity contribution in [3.8, 4) is 5.75 Å². The highest BCUT2D eigenvalue weighted by Crippen LogP contribution is 2.31. The minimum Gasteiger partial charge on any atom is -0.495 e. The number of rotatable bonds is 6. The van der Waals surface area contributed by atoms with Gasteiger partial charge in [0.15, 0.2) is 0 Å². The fourth-order valence-electron chi connectivity index (χ4n) is 3.32. The summed E-state index contributed by atoms with van der Waals surface area (Å²) in [5.74, 6) is 0.834. The molecule has 1 amide bonds. The van der Waals surface area contributed by atoms with Crippen molar-refractivity contribution in [3.05, 3.63) is 22.7 Å². The third kappa shape index (κ3) is 4.19. The standard InChI is InChI=1S/C18H27ClN4O2/c1-3-13-8-17(25-2)16(9-15(13)19)21-12-18(24)23-6-4-22(5-7-23)14-10-20-11-14/h8-9,14,20-21H,3-7,10-12H2,1-2H3. The fourth-order valence-corrected chi connectivity index (χ4v) is 3.62. The number of methoxy groups -OCH3 is 1. The van der Waals surface area contributed by atoms with Crippen molar-refractivity contribution in [2.75, 3.05) is 58.2 Å². The van der Waals surface area contributed by atoms with Crippen LogP contribution >= 0.6 is 11.6 Å². The van der Waals surface area contributed by atoms with Crippen LogP contribution in [0.4, 0.5) is 5.69 Å². The maximum absolute atomic E-state index is 12.5. The van der Waals surface area contributed by atoms with E-state index in [4.69, 9.17) is 16.3 Å². The average Bonchev–Trinajstić information content (AvgIpc) is 2.59. The van der Waals surface area contributed by atoms with Crippen molar-refractivity contribution in [1.29, 1.82) is 0 Å². The van der Waals surface area contributed by atoms with Gasteiger partial charge in [0.1, 0.15) is 5.75 Å². The van der Waals surface area contributed by atoms with Gasteiger partial charge in [-0.1, -0.05) is 18.5 Å². The van der Waals surface area contributed by atoms with Crippen LogP contribution in [0.15, 0.2) is 12.1 Å². The first-order chi connectivity index (χ1) is 12.1. The van der Waals surface area contributed by atoms with Crippen LogP contribution in [0.3, 0.4) is 0 Å². The van der Waals surface area contributed by atoms with Crippen LogP contribution in [0.5, 0.6) is 5.75 Å². The molecule has 2 aliphatic heterocycles. The molecule has 6 nitrogen and oxygen atoms in total. The van der Waals surface area contributed by atoms with E-state index in [0.717, 1.165) is 62.7 Å². The molecule has 2 heterocycles. The molecule has 0 bridgehead atoms. The molecule has 0 aliphatic carbocycles. The molecular formula is C18H27ClN4O2. The Bertz CT molecular complexity index is 613. The van der Waals surface area contributed by atoms with Gasteiger partial charge in [-0.3, -0.25) is 9.69 Å². The molecule has 2 aliphatic rings. The van der Waals surface area contributed by atoms with E-state index in [-0.39, 0.29) is 12.5 Å². The summed E-state index contributed by atoms with van der Waals surface area (Å²) < 4.78 is 5.42. The van der Waals surface area contributed by atoms with E-state index in [1.165, 1.54) is 0 Å². The zero-order valence-electron chi connectivity index (χ0n) is 15.0. The van der Waals surface area contributed by atoms with E-state index in [0.29, 0.717) is 11.1 Å². The highest BCUT2D eigenvalue weighted by molar-refractivity contribution is 6.31. The van der Waals surface area contributed by atoms with Gasteiger partial charge in [0.2, 0.25) is 5.91 Å². The van der Waals surface area contributed by atoms with Gasteiger partial charge in [-0.15, -0.1) is 0 Å². The van der Waals surface area contributed by atoms with Crippen LogP contribution in [0.25, 0.3) is 0 Å². The normalized spacial score (nSPS) is 18.8. The van der Waals surface area contributed by atoms with Crippen LogP contribution in [0.1, 0.15) is 12.5 Å². The predicted molar refractivity (Wildman–Crippen MR) is 101 cm³/mol. The first-order valence-corrected chi connectivity index (χ1v) is 9.33. The van der Waals surface area contributed by atoms with Gasteiger partial charge in [0, 0.05) is 50.3 Å². The Morgan fingerprint density at radius 3 is 2.60 bits per heavy atom. The molecule has 0 unspecified atom stereocenters. The van der Waals surface area contributed by atoms with Crippen molar-refractivity contribution in [1.82, 2.24) is 15.1 Å². The van der Waals surface area contributed by atoms with Crippen LogP contribution in [-0.2, 0) is 11.2 Å². The topological polar surface area (TPSA) is 56.8 Å². The summed E-state index contributed by atoms with van der Waals surface area (Å²) in [4.78, 5) is 16.9. The fraction of sp³-hybridized carbons (Fsp3) is 0.611. The number of carbonyl (C=O) groups excluding carboxylic acids is 1. The van der Waals surface area contributed by atoms with Gasteiger partial charge >= 0.3 is 0 Å². The van der Waals surface area contributed by atoms with Gasteiger partial charge in [0.25, 0.3) is 0 Å². The number of carbonyl (C=O) groups is 1. The SMILES string of the molecule is CCc1cc(OC)c(NCC(=O)N2CCN(C3CNC3)CC2)cc1Cl.